The third-order valence-electron chi connectivity index (χ3n) is 7.53. The van der Waals surface area contributed by atoms with E-state index in [2.05, 4.69) is 27.5 Å². The molecule has 4 aromatic rings. The number of pyridine rings is 1. The van der Waals surface area contributed by atoms with E-state index in [0.29, 0.717) is 38.4 Å². The van der Waals surface area contributed by atoms with Crippen molar-refractivity contribution in [2.45, 2.75) is 37.1 Å². The van der Waals surface area contributed by atoms with Crippen molar-refractivity contribution in [1.29, 1.82) is 0 Å². The Morgan fingerprint density at radius 2 is 2.11 bits per heavy atom. The number of nitrogens with one attached hydrogen (secondary N) is 2. The number of hydrogen-bond donors (Lipinski definition) is 4. The topological polar surface area (TPSA) is 112 Å². The van der Waals surface area contributed by atoms with Crippen molar-refractivity contribution in [1.82, 2.24) is 19.9 Å². The summed E-state index contributed by atoms with van der Waals surface area (Å²) in [7, 11) is 1.53. The minimum atomic E-state index is -1.45. The quantitative estimate of drug-likeness (QED) is 0.271. The fourth-order valence-electron chi connectivity index (χ4n) is 5.72. The molecule has 0 aliphatic heterocycles. The van der Waals surface area contributed by atoms with Gasteiger partial charge >= 0.3 is 0 Å². The molecule has 4 N–H and O–H groups in total. The fraction of sp³-hybridized carbons (Fsp3) is 0.296. The van der Waals surface area contributed by atoms with Crippen molar-refractivity contribution in [2.24, 2.45) is 5.41 Å². The Hall–Kier alpha value is -3.13. The number of aromatic nitrogens is 3. The Kier molecular flexibility index (Phi) is 6.13. The van der Waals surface area contributed by atoms with Gasteiger partial charge in [0.25, 0.3) is 0 Å². The van der Waals surface area contributed by atoms with Crippen molar-refractivity contribution in [3.8, 4) is 11.8 Å². The highest BCUT2D eigenvalue weighted by Crippen LogP contribution is 2.66. The van der Waals surface area contributed by atoms with Crippen LogP contribution in [0.15, 0.2) is 48.8 Å². The predicted molar refractivity (Wildman–Crippen MR) is 147 cm³/mol. The van der Waals surface area contributed by atoms with Crippen molar-refractivity contribution < 1.29 is 15.0 Å². The summed E-state index contributed by atoms with van der Waals surface area (Å²) in [4.78, 5) is 22.8. The van der Waals surface area contributed by atoms with Crippen LogP contribution in [-0.2, 0) is 11.3 Å². The van der Waals surface area contributed by atoms with Crippen LogP contribution in [0.25, 0.3) is 11.2 Å². The highest BCUT2D eigenvalue weighted by atomic mass is 35.5. The summed E-state index contributed by atoms with van der Waals surface area (Å²) in [6, 6.07) is 12.5. The Morgan fingerprint density at radius 1 is 1.26 bits per heavy atom. The number of benzene rings is 1. The maximum absolute atomic E-state index is 12.6. The summed E-state index contributed by atoms with van der Waals surface area (Å²) >= 11 is 13.6. The van der Waals surface area contributed by atoms with Crippen LogP contribution in [0.5, 0.6) is 0 Å². The largest absolute Gasteiger partial charge is 0.389 e. The molecule has 11 heteroatoms. The summed E-state index contributed by atoms with van der Waals surface area (Å²) < 4.78 is 2.41. The molecule has 4 atom stereocenters. The third-order valence-corrected chi connectivity index (χ3v) is 8.92. The zero-order valence-corrected chi connectivity index (χ0v) is 22.5. The predicted octanol–water partition coefficient (Wildman–Crippen LogP) is 3.98. The second-order valence-electron chi connectivity index (χ2n) is 9.74. The van der Waals surface area contributed by atoms with E-state index in [1.807, 2.05) is 36.4 Å². The second kappa shape index (κ2) is 9.26. The number of carbonyl (C=O) groups excluding carboxylic acids is 1. The highest BCUT2D eigenvalue weighted by Gasteiger charge is 2.76. The molecule has 3 aromatic heterocycles. The molecule has 1 aromatic carbocycles. The van der Waals surface area contributed by atoms with Crippen LogP contribution < -0.4 is 10.6 Å². The zero-order valence-electron chi connectivity index (χ0n) is 20.2. The molecule has 0 spiro atoms. The lowest BCUT2D eigenvalue weighted by Crippen LogP contribution is -2.64. The third kappa shape index (κ3) is 3.96. The van der Waals surface area contributed by atoms with Crippen LogP contribution in [0.3, 0.4) is 0 Å². The standard InChI is InChI=1S/C27H23Cl2N5O3S/c1-30-25(36)26-11-20(27(37,13-26)24(26)35)34-14-32-22-19(31-12-15-3-2-4-16(28)9-15)10-17(33-23(22)34)5-6-18-7-8-21(29)38-18/h2-4,7-10,14,20,24,35,37H,11-13H2,1H3,(H,30,36)(H,31,33)/t20-,24-,26?,27-/m1/s1. The van der Waals surface area contributed by atoms with E-state index in [1.54, 1.807) is 17.0 Å². The lowest BCUT2D eigenvalue weighted by Gasteiger charge is -2.48. The van der Waals surface area contributed by atoms with Crippen molar-refractivity contribution in [2.75, 3.05) is 12.4 Å². The van der Waals surface area contributed by atoms with E-state index in [0.717, 1.165) is 10.4 Å². The van der Waals surface area contributed by atoms with Gasteiger partial charge in [-0.15, -0.1) is 11.3 Å². The number of amides is 1. The average molecular weight is 568 g/mol. The van der Waals surface area contributed by atoms with Gasteiger partial charge in [0.05, 0.1) is 38.8 Å². The van der Waals surface area contributed by atoms with Gasteiger partial charge in [0.1, 0.15) is 16.8 Å². The number of rotatable bonds is 5. The molecule has 3 saturated carbocycles. The van der Waals surface area contributed by atoms with Gasteiger partial charge in [-0.1, -0.05) is 35.3 Å². The average Bonchev–Trinajstić information content (AvgIpc) is 3.65. The number of fused-ring (bicyclic) bond motifs is 2. The molecule has 2 bridgehead atoms. The Bertz CT molecular complexity index is 1640. The number of carbonyl (C=O) groups is 1. The second-order valence-corrected chi connectivity index (χ2v) is 11.9. The lowest BCUT2D eigenvalue weighted by molar-refractivity contribution is -0.199. The Labute approximate surface area is 232 Å². The Balaban J connectivity index is 1.41. The first-order valence-corrected chi connectivity index (χ1v) is 13.6. The normalized spacial score (nSPS) is 25.5. The molecule has 3 aliphatic rings. The SMILES string of the molecule is CNC(=O)C12C[C@@H](n3cnc4c(NCc5cccc(Cl)c5)cc(C#Cc5ccc(Cl)s5)nc43)[C@](O)(C1)[C@@H]2O. The molecule has 3 fully saturated rings. The fourth-order valence-corrected chi connectivity index (χ4v) is 6.83. The van der Waals surface area contributed by atoms with Gasteiger partial charge in [-0.25, -0.2) is 9.97 Å². The number of thiophene rings is 1. The van der Waals surface area contributed by atoms with Gasteiger partial charge in [-0.05, 0) is 60.6 Å². The molecular formula is C27H23Cl2N5O3S. The molecule has 194 valence electrons. The number of hydrogen-bond acceptors (Lipinski definition) is 7. The van der Waals surface area contributed by atoms with Crippen molar-refractivity contribution in [3.05, 3.63) is 74.3 Å². The van der Waals surface area contributed by atoms with Gasteiger partial charge in [0, 0.05) is 18.6 Å². The molecule has 3 aliphatic carbocycles. The molecule has 3 heterocycles. The number of imidazole rings is 1. The first-order chi connectivity index (χ1) is 18.2. The smallest absolute Gasteiger partial charge is 0.228 e. The number of aliphatic hydroxyl groups is 2. The summed E-state index contributed by atoms with van der Waals surface area (Å²) in [6.45, 7) is 0.492. The molecule has 8 nitrogen and oxygen atoms in total. The zero-order chi connectivity index (χ0) is 26.7. The first-order valence-electron chi connectivity index (χ1n) is 12.0. The van der Waals surface area contributed by atoms with Crippen molar-refractivity contribution >= 4 is 57.3 Å². The molecule has 0 saturated heterocycles. The van der Waals surface area contributed by atoms with Crippen LogP contribution in [0.2, 0.25) is 9.36 Å². The molecular weight excluding hydrogens is 545 g/mol. The summed E-state index contributed by atoms with van der Waals surface area (Å²) in [5.41, 5.74) is 0.800. The van der Waals surface area contributed by atoms with Gasteiger partial charge in [0.2, 0.25) is 5.91 Å². The number of anilines is 1. The van der Waals surface area contributed by atoms with E-state index < -0.39 is 23.2 Å². The molecule has 38 heavy (non-hydrogen) atoms. The molecule has 7 rings (SSSR count). The summed E-state index contributed by atoms with van der Waals surface area (Å²) in [6.07, 6.45) is 0.867. The van der Waals surface area contributed by atoms with Gasteiger partial charge in [-0.2, -0.15) is 0 Å². The van der Waals surface area contributed by atoms with Crippen molar-refractivity contribution in [3.63, 3.8) is 0 Å². The lowest BCUT2D eigenvalue weighted by atomic mass is 9.63. The van der Waals surface area contributed by atoms with Gasteiger partial charge < -0.3 is 25.4 Å². The monoisotopic (exact) mass is 567 g/mol. The van der Waals surface area contributed by atoms with Crippen LogP contribution in [0.4, 0.5) is 5.69 Å². The minimum absolute atomic E-state index is 0.170. The van der Waals surface area contributed by atoms with E-state index >= 15 is 0 Å². The maximum atomic E-state index is 12.6. The minimum Gasteiger partial charge on any atom is -0.389 e. The highest BCUT2D eigenvalue weighted by molar-refractivity contribution is 7.16. The van der Waals surface area contributed by atoms with Crippen LogP contribution in [0.1, 0.15) is 35.0 Å². The van der Waals surface area contributed by atoms with Crippen LogP contribution >= 0.6 is 34.5 Å². The summed E-state index contributed by atoms with van der Waals surface area (Å²) in [5, 5.41) is 28.8. The molecule has 1 unspecified atom stereocenters. The van der Waals surface area contributed by atoms with Crippen LogP contribution in [0, 0.1) is 17.3 Å². The van der Waals surface area contributed by atoms with E-state index in [4.69, 9.17) is 28.2 Å². The Morgan fingerprint density at radius 3 is 2.82 bits per heavy atom. The molecule has 0 radical (unpaired) electrons. The van der Waals surface area contributed by atoms with E-state index in [-0.39, 0.29) is 18.7 Å². The first kappa shape index (κ1) is 25.2. The molecule has 1 amide bonds. The van der Waals surface area contributed by atoms with Gasteiger partial charge in [0.15, 0.2) is 5.65 Å². The summed E-state index contributed by atoms with van der Waals surface area (Å²) in [5.74, 6) is 5.93. The maximum Gasteiger partial charge on any atom is 0.228 e. The van der Waals surface area contributed by atoms with Gasteiger partial charge in [-0.3, -0.25) is 4.79 Å². The number of nitrogens with zero attached hydrogens (tertiary/aromatic N) is 3. The van der Waals surface area contributed by atoms with E-state index in [1.165, 1.54) is 18.4 Å². The van der Waals surface area contributed by atoms with Crippen LogP contribution in [-0.4, -0.2) is 49.4 Å². The number of halogens is 2. The van der Waals surface area contributed by atoms with E-state index in [9.17, 15) is 15.0 Å². The number of aliphatic hydroxyl groups excluding tert-OH is 1.